The fourth-order valence-electron chi connectivity index (χ4n) is 5.61. The number of amides is 2. The number of hydrogen-bond donors (Lipinski definition) is 5. The Hall–Kier alpha value is -4.33. The van der Waals surface area contributed by atoms with Crippen molar-refractivity contribution in [1.29, 1.82) is 10.7 Å². The molecular weight excluding hydrogens is 652 g/mol. The predicted molar refractivity (Wildman–Crippen MR) is 179 cm³/mol. The number of ether oxygens (including phenoxy) is 5. The number of nitriles is 1. The molecule has 0 bridgehead atoms. The van der Waals surface area contributed by atoms with Crippen molar-refractivity contribution in [3.05, 3.63) is 23.5 Å². The Morgan fingerprint density at radius 2 is 1.86 bits per heavy atom. The van der Waals surface area contributed by atoms with Gasteiger partial charge in [-0.25, -0.2) is 14.6 Å². The smallest absolute Gasteiger partial charge is 0.408 e. The largest absolute Gasteiger partial charge is 0.463 e. The SMILES string of the molecule is COC(C)(C)C(=O)N/C(=N/C=N)c1ccc([C@]2(C#N)O[C@H](COC(=O)CC3CCCC3)[C@@H](OC(=O)[C@@H](NC(=O)OC(C)(C)C)C(C)C)[C@H]2O)[nH]1. The van der Waals surface area contributed by atoms with Crippen LogP contribution in [0.2, 0.25) is 0 Å². The van der Waals surface area contributed by atoms with E-state index in [1.807, 2.05) is 6.07 Å². The second-order valence-corrected chi connectivity index (χ2v) is 14.3. The molecule has 2 fully saturated rings. The van der Waals surface area contributed by atoms with Crippen LogP contribution in [0.5, 0.6) is 0 Å². The number of nitrogens with zero attached hydrogens (tertiary/aromatic N) is 2. The van der Waals surface area contributed by atoms with Crippen LogP contribution in [0.25, 0.3) is 0 Å². The molecule has 2 heterocycles. The summed E-state index contributed by atoms with van der Waals surface area (Å²) in [7, 11) is 1.36. The van der Waals surface area contributed by atoms with Gasteiger partial charge in [0.2, 0.25) is 5.60 Å². The van der Waals surface area contributed by atoms with E-state index in [-0.39, 0.29) is 29.6 Å². The van der Waals surface area contributed by atoms with Crippen molar-refractivity contribution in [2.45, 2.75) is 122 Å². The van der Waals surface area contributed by atoms with Crippen LogP contribution in [0.4, 0.5) is 4.79 Å². The number of H-pyrrole nitrogens is 1. The molecule has 50 heavy (non-hydrogen) atoms. The summed E-state index contributed by atoms with van der Waals surface area (Å²) in [6, 6.07) is 3.62. The van der Waals surface area contributed by atoms with E-state index in [4.69, 9.17) is 29.1 Å². The maximum Gasteiger partial charge on any atom is 0.408 e. The Labute approximate surface area is 292 Å². The van der Waals surface area contributed by atoms with Gasteiger partial charge in [0.25, 0.3) is 5.91 Å². The van der Waals surface area contributed by atoms with Gasteiger partial charge in [-0.2, -0.15) is 5.26 Å². The van der Waals surface area contributed by atoms with Crippen LogP contribution in [0.1, 0.15) is 92.0 Å². The highest BCUT2D eigenvalue weighted by atomic mass is 16.6. The summed E-state index contributed by atoms with van der Waals surface area (Å²) in [4.78, 5) is 58.5. The van der Waals surface area contributed by atoms with Gasteiger partial charge in [-0.15, -0.1) is 0 Å². The third kappa shape index (κ3) is 9.89. The minimum Gasteiger partial charge on any atom is -0.463 e. The molecule has 5 atom stereocenters. The summed E-state index contributed by atoms with van der Waals surface area (Å²) in [6.07, 6.45) is -0.744. The Morgan fingerprint density at radius 1 is 1.20 bits per heavy atom. The molecule has 1 aromatic rings. The normalized spacial score (nSPS) is 23.5. The highest BCUT2D eigenvalue weighted by molar-refractivity contribution is 6.10. The Balaban J connectivity index is 1.94. The lowest BCUT2D eigenvalue weighted by Crippen LogP contribution is -2.50. The molecule has 16 nitrogen and oxygen atoms in total. The summed E-state index contributed by atoms with van der Waals surface area (Å²) >= 11 is 0. The van der Waals surface area contributed by atoms with Crippen LogP contribution in [0.3, 0.4) is 0 Å². The van der Waals surface area contributed by atoms with Crippen LogP contribution in [0.15, 0.2) is 17.1 Å². The lowest BCUT2D eigenvalue weighted by molar-refractivity contribution is -0.163. The first-order chi connectivity index (χ1) is 23.4. The van der Waals surface area contributed by atoms with Gasteiger partial charge >= 0.3 is 18.0 Å². The average Bonchev–Trinajstić information content (AvgIpc) is 3.79. The van der Waals surface area contributed by atoms with E-state index in [0.29, 0.717) is 6.34 Å². The fraction of sp³-hybridized carbons (Fsp3) is 0.676. The van der Waals surface area contributed by atoms with Gasteiger partial charge in [-0.05, 0) is 71.4 Å². The summed E-state index contributed by atoms with van der Waals surface area (Å²) in [6.45, 7) is 11.0. The van der Waals surface area contributed by atoms with Crippen LogP contribution in [-0.2, 0) is 43.7 Å². The molecule has 1 aliphatic carbocycles. The molecule has 2 aliphatic rings. The Bertz CT molecular complexity index is 1470. The van der Waals surface area contributed by atoms with Crippen molar-refractivity contribution >= 4 is 36.1 Å². The zero-order valence-electron chi connectivity index (χ0n) is 30.0. The van der Waals surface area contributed by atoms with E-state index in [1.54, 1.807) is 34.6 Å². The molecular formula is C34H50N6O10. The molecule has 0 unspecified atom stereocenters. The van der Waals surface area contributed by atoms with Crippen LogP contribution >= 0.6 is 0 Å². The molecule has 0 radical (unpaired) electrons. The second kappa shape index (κ2) is 16.6. The van der Waals surface area contributed by atoms with Gasteiger partial charge in [0.15, 0.2) is 11.9 Å². The first-order valence-electron chi connectivity index (χ1n) is 16.6. The molecule has 276 valence electrons. The standard InChI is InChI=1S/C34H50N6O10/c1-19(2)25(39-31(45)50-32(3,4)5)29(43)48-26-22(16-47-24(41)15-20-11-9-10-12-20)49-34(17-35,27(26)42)23-14-13-21(38-23)28(37-18-36)40-30(44)33(6,7)46-8/h13-14,18-20,22,25-27,38,42H,9-12,15-16H2,1-8H3,(H,39,45)(H2,36,37,40,44)/t22-,25+,26-,27-,34+/m1/s1. The van der Waals surface area contributed by atoms with Gasteiger partial charge in [0.05, 0.1) is 11.4 Å². The fourth-order valence-corrected chi connectivity index (χ4v) is 5.61. The van der Waals surface area contributed by atoms with Crippen molar-refractivity contribution in [2.75, 3.05) is 13.7 Å². The highest BCUT2D eigenvalue weighted by Crippen LogP contribution is 2.41. The second-order valence-electron chi connectivity index (χ2n) is 14.3. The number of carbonyl (C=O) groups excluding carboxylic acids is 4. The predicted octanol–water partition coefficient (Wildman–Crippen LogP) is 2.97. The molecule has 0 aromatic carbocycles. The third-order valence-electron chi connectivity index (χ3n) is 8.61. The number of aliphatic hydroxyl groups is 1. The maximum absolute atomic E-state index is 13.6. The number of aromatic amines is 1. The van der Waals surface area contributed by atoms with Crippen molar-refractivity contribution in [1.82, 2.24) is 15.6 Å². The number of aliphatic hydroxyl groups excluding tert-OH is 1. The van der Waals surface area contributed by atoms with Gasteiger partial charge in [0, 0.05) is 13.5 Å². The monoisotopic (exact) mass is 702 g/mol. The molecule has 1 saturated heterocycles. The van der Waals surface area contributed by atoms with Crippen molar-refractivity contribution in [3.8, 4) is 6.07 Å². The number of alkyl carbamates (subject to hydrolysis) is 1. The third-order valence-corrected chi connectivity index (χ3v) is 8.61. The van der Waals surface area contributed by atoms with Gasteiger partial charge < -0.3 is 44.4 Å². The first-order valence-corrected chi connectivity index (χ1v) is 16.6. The topological polar surface area (TPSA) is 235 Å². The zero-order valence-corrected chi connectivity index (χ0v) is 30.0. The maximum atomic E-state index is 13.6. The number of methoxy groups -OCH3 is 1. The summed E-state index contributed by atoms with van der Waals surface area (Å²) in [5.41, 5.74) is -4.14. The van der Waals surface area contributed by atoms with E-state index in [0.717, 1.165) is 25.7 Å². The molecule has 3 rings (SSSR count). The van der Waals surface area contributed by atoms with Gasteiger partial charge in [0.1, 0.15) is 48.5 Å². The molecule has 1 aromatic heterocycles. The van der Waals surface area contributed by atoms with E-state index >= 15 is 0 Å². The van der Waals surface area contributed by atoms with E-state index < -0.39 is 77.6 Å². The van der Waals surface area contributed by atoms with Gasteiger partial charge in [-0.3, -0.25) is 15.0 Å². The van der Waals surface area contributed by atoms with Crippen molar-refractivity contribution < 1.29 is 48.0 Å². The molecule has 0 spiro atoms. The number of esters is 2. The van der Waals surface area contributed by atoms with Crippen LogP contribution in [0, 0.1) is 28.6 Å². The molecule has 5 N–H and O–H groups in total. The zero-order chi connectivity index (χ0) is 37.4. The van der Waals surface area contributed by atoms with Crippen LogP contribution < -0.4 is 10.6 Å². The molecule has 16 heteroatoms. The number of aromatic nitrogens is 1. The van der Waals surface area contributed by atoms with E-state index in [2.05, 4.69) is 20.6 Å². The minimum atomic E-state index is -2.19. The van der Waals surface area contributed by atoms with Crippen LogP contribution in [-0.4, -0.2) is 95.5 Å². The van der Waals surface area contributed by atoms with E-state index in [9.17, 15) is 29.5 Å². The summed E-state index contributed by atoms with van der Waals surface area (Å²) in [5, 5.41) is 34.8. The van der Waals surface area contributed by atoms with Crippen molar-refractivity contribution in [2.24, 2.45) is 16.8 Å². The number of aliphatic imine (C=N–C) groups is 1. The summed E-state index contributed by atoms with van der Waals surface area (Å²) < 4.78 is 27.9. The summed E-state index contributed by atoms with van der Waals surface area (Å²) in [5.74, 6) is -2.38. The lowest BCUT2D eigenvalue weighted by Gasteiger charge is -2.28. The number of nitrogens with one attached hydrogen (secondary N) is 4. The number of carbonyl (C=O) groups is 4. The minimum absolute atomic E-state index is 0.00597. The first kappa shape index (κ1) is 40.1. The highest BCUT2D eigenvalue weighted by Gasteiger charge is 2.59. The average molecular weight is 703 g/mol. The molecule has 2 amide bonds. The van der Waals surface area contributed by atoms with E-state index in [1.165, 1.54) is 33.1 Å². The van der Waals surface area contributed by atoms with Gasteiger partial charge in [-0.1, -0.05) is 26.7 Å². The molecule has 1 saturated carbocycles. The van der Waals surface area contributed by atoms with Crippen molar-refractivity contribution in [3.63, 3.8) is 0 Å². The Kier molecular flexibility index (Phi) is 13.3. The lowest BCUT2D eigenvalue weighted by atomic mass is 9.92. The number of rotatable bonds is 13. The molecule has 1 aliphatic heterocycles. The number of hydrogen-bond acceptors (Lipinski definition) is 12. The quantitative estimate of drug-likeness (QED) is 0.0867. The Morgan fingerprint density at radius 3 is 2.42 bits per heavy atom. The number of amidine groups is 1.